The zero-order valence-electron chi connectivity index (χ0n) is 18.5. The van der Waals surface area contributed by atoms with Crippen molar-refractivity contribution in [1.82, 2.24) is 19.9 Å². The van der Waals surface area contributed by atoms with E-state index in [1.54, 1.807) is 38.7 Å². The number of ether oxygens (including phenoxy) is 2. The number of hydrogen-bond donors (Lipinski definition) is 1. The number of nitrogens with one attached hydrogen (secondary N) is 1. The molecule has 8 heteroatoms. The molecule has 1 aromatic carbocycles. The lowest BCUT2D eigenvalue weighted by Gasteiger charge is -2.33. The Labute approximate surface area is 187 Å². The number of nitrogens with zero attached hydrogens (tertiary/aromatic N) is 4. The molecule has 1 atom stereocenters. The molecular formula is C24H27N5O3. The molecule has 0 saturated carbocycles. The van der Waals surface area contributed by atoms with Crippen LogP contribution < -0.4 is 14.8 Å². The van der Waals surface area contributed by atoms with Gasteiger partial charge in [0.2, 0.25) is 0 Å². The van der Waals surface area contributed by atoms with Gasteiger partial charge in [-0.2, -0.15) is 0 Å². The van der Waals surface area contributed by atoms with Gasteiger partial charge in [0.25, 0.3) is 5.91 Å². The minimum Gasteiger partial charge on any atom is -0.496 e. The maximum absolute atomic E-state index is 13.5. The summed E-state index contributed by atoms with van der Waals surface area (Å²) >= 11 is 0. The molecule has 3 aromatic rings. The van der Waals surface area contributed by atoms with Gasteiger partial charge in [-0.15, -0.1) is 0 Å². The molecule has 0 bridgehead atoms. The van der Waals surface area contributed by atoms with Gasteiger partial charge in [0.15, 0.2) is 5.82 Å². The first-order valence-electron chi connectivity index (χ1n) is 10.6. The van der Waals surface area contributed by atoms with Crippen molar-refractivity contribution in [3.63, 3.8) is 0 Å². The maximum Gasteiger partial charge on any atom is 0.261 e. The average molecular weight is 434 g/mol. The molecular weight excluding hydrogens is 406 g/mol. The molecule has 166 valence electrons. The summed E-state index contributed by atoms with van der Waals surface area (Å²) in [6.45, 7) is 1.24. The standard InChI is InChI=1S/C24H27N5O3/c1-25-21-13-18(27-23(28-21)16-7-5-11-26-14-16)17-8-6-12-29(15-17)24(30)22-19(31-2)9-4-10-20(22)32-3/h4-5,7,9-11,13-14,17H,6,8,12,15H2,1-3H3,(H,25,27,28). The minimum atomic E-state index is -0.0978. The Morgan fingerprint density at radius 2 is 1.91 bits per heavy atom. The van der Waals surface area contributed by atoms with Gasteiger partial charge >= 0.3 is 0 Å². The predicted octanol–water partition coefficient (Wildman–Crippen LogP) is 3.62. The Morgan fingerprint density at radius 1 is 1.12 bits per heavy atom. The third-order valence-electron chi connectivity index (χ3n) is 5.69. The topological polar surface area (TPSA) is 89.5 Å². The van der Waals surface area contributed by atoms with E-state index in [-0.39, 0.29) is 11.8 Å². The summed E-state index contributed by atoms with van der Waals surface area (Å²) in [5.41, 5.74) is 2.22. The van der Waals surface area contributed by atoms with Crippen LogP contribution in [-0.4, -0.2) is 60.1 Å². The number of carbonyl (C=O) groups is 1. The van der Waals surface area contributed by atoms with E-state index in [4.69, 9.17) is 14.5 Å². The van der Waals surface area contributed by atoms with Crippen LogP contribution in [-0.2, 0) is 0 Å². The van der Waals surface area contributed by atoms with Crippen LogP contribution >= 0.6 is 0 Å². The fourth-order valence-electron chi connectivity index (χ4n) is 4.05. The molecule has 32 heavy (non-hydrogen) atoms. The number of piperidine rings is 1. The Morgan fingerprint density at radius 3 is 2.56 bits per heavy atom. The summed E-state index contributed by atoms with van der Waals surface area (Å²) in [6.07, 6.45) is 5.31. The highest BCUT2D eigenvalue weighted by molar-refractivity contribution is 5.99. The van der Waals surface area contributed by atoms with E-state index < -0.39 is 0 Å². The van der Waals surface area contributed by atoms with Crippen LogP contribution in [0.15, 0.2) is 48.8 Å². The van der Waals surface area contributed by atoms with Crippen LogP contribution in [0.5, 0.6) is 11.5 Å². The summed E-state index contributed by atoms with van der Waals surface area (Å²) in [4.78, 5) is 28.9. The van der Waals surface area contributed by atoms with Crippen LogP contribution in [0.4, 0.5) is 5.82 Å². The fourth-order valence-corrected chi connectivity index (χ4v) is 4.05. The van der Waals surface area contributed by atoms with Gasteiger partial charge in [-0.25, -0.2) is 9.97 Å². The molecule has 1 N–H and O–H groups in total. The molecule has 0 radical (unpaired) electrons. The molecule has 1 aliphatic rings. The normalized spacial score (nSPS) is 15.8. The average Bonchev–Trinajstić information content (AvgIpc) is 2.88. The summed E-state index contributed by atoms with van der Waals surface area (Å²) in [6, 6.07) is 11.1. The number of amides is 1. The minimum absolute atomic E-state index is 0.0962. The summed E-state index contributed by atoms with van der Waals surface area (Å²) < 4.78 is 10.9. The number of benzene rings is 1. The molecule has 0 spiro atoms. The Hall–Kier alpha value is -3.68. The number of aromatic nitrogens is 3. The first-order chi connectivity index (χ1) is 15.6. The highest BCUT2D eigenvalue weighted by atomic mass is 16.5. The van der Waals surface area contributed by atoms with Gasteiger partial charge in [-0.3, -0.25) is 9.78 Å². The van der Waals surface area contributed by atoms with Gasteiger partial charge in [-0.05, 0) is 37.1 Å². The molecule has 2 aromatic heterocycles. The number of hydrogen-bond acceptors (Lipinski definition) is 7. The third-order valence-corrected chi connectivity index (χ3v) is 5.69. The van der Waals surface area contributed by atoms with Gasteiger partial charge in [0, 0.05) is 50.1 Å². The van der Waals surface area contributed by atoms with Crippen molar-refractivity contribution in [2.75, 3.05) is 39.7 Å². The second-order valence-electron chi connectivity index (χ2n) is 7.62. The van der Waals surface area contributed by atoms with E-state index in [2.05, 4.69) is 15.3 Å². The van der Waals surface area contributed by atoms with Crippen molar-refractivity contribution >= 4 is 11.7 Å². The highest BCUT2D eigenvalue weighted by Crippen LogP contribution is 2.33. The quantitative estimate of drug-likeness (QED) is 0.635. The van der Waals surface area contributed by atoms with Crippen molar-refractivity contribution in [2.45, 2.75) is 18.8 Å². The van der Waals surface area contributed by atoms with Crippen LogP contribution in [0.3, 0.4) is 0 Å². The molecule has 1 saturated heterocycles. The first kappa shape index (κ1) is 21.5. The van der Waals surface area contributed by atoms with Crippen molar-refractivity contribution in [1.29, 1.82) is 0 Å². The third kappa shape index (κ3) is 4.34. The SMILES string of the molecule is CNc1cc(C2CCCN(C(=O)c3c(OC)cccc3OC)C2)nc(-c2cccnc2)n1. The summed E-state index contributed by atoms with van der Waals surface area (Å²) in [5.74, 6) is 2.38. The summed E-state index contributed by atoms with van der Waals surface area (Å²) in [7, 11) is 4.96. The van der Waals surface area contributed by atoms with E-state index in [0.717, 1.165) is 29.9 Å². The molecule has 1 amide bonds. The van der Waals surface area contributed by atoms with Crippen molar-refractivity contribution < 1.29 is 14.3 Å². The Kier molecular flexibility index (Phi) is 6.49. The van der Waals surface area contributed by atoms with Crippen LogP contribution in [0.25, 0.3) is 11.4 Å². The lowest BCUT2D eigenvalue weighted by atomic mass is 9.93. The number of likely N-dealkylation sites (tertiary alicyclic amines) is 1. The van der Waals surface area contributed by atoms with Gasteiger partial charge in [-0.1, -0.05) is 6.07 Å². The maximum atomic E-state index is 13.5. The number of anilines is 1. The largest absolute Gasteiger partial charge is 0.496 e. The zero-order valence-corrected chi connectivity index (χ0v) is 18.5. The smallest absolute Gasteiger partial charge is 0.261 e. The lowest BCUT2D eigenvalue weighted by Crippen LogP contribution is -2.39. The Balaban J connectivity index is 1.63. The second-order valence-corrected chi connectivity index (χ2v) is 7.62. The Bertz CT molecular complexity index is 1070. The van der Waals surface area contributed by atoms with Gasteiger partial charge in [0.1, 0.15) is 22.9 Å². The van der Waals surface area contributed by atoms with E-state index in [9.17, 15) is 4.79 Å². The highest BCUT2D eigenvalue weighted by Gasteiger charge is 2.30. The predicted molar refractivity (Wildman–Crippen MR) is 122 cm³/mol. The van der Waals surface area contributed by atoms with Crippen molar-refractivity contribution in [3.05, 3.63) is 60.0 Å². The molecule has 4 rings (SSSR count). The van der Waals surface area contributed by atoms with Gasteiger partial charge < -0.3 is 19.7 Å². The fraction of sp³-hybridized carbons (Fsp3) is 0.333. The van der Waals surface area contributed by atoms with E-state index >= 15 is 0 Å². The van der Waals surface area contributed by atoms with Crippen molar-refractivity contribution in [2.24, 2.45) is 0 Å². The second kappa shape index (κ2) is 9.64. The number of carbonyl (C=O) groups excluding carboxylic acids is 1. The zero-order chi connectivity index (χ0) is 22.5. The monoisotopic (exact) mass is 433 g/mol. The first-order valence-corrected chi connectivity index (χ1v) is 10.6. The molecule has 3 heterocycles. The molecule has 1 fully saturated rings. The van der Waals surface area contributed by atoms with Crippen LogP contribution in [0, 0.1) is 0 Å². The number of rotatable bonds is 6. The summed E-state index contributed by atoms with van der Waals surface area (Å²) in [5, 5.41) is 3.12. The number of pyridine rings is 1. The molecule has 8 nitrogen and oxygen atoms in total. The van der Waals surface area contributed by atoms with Crippen LogP contribution in [0.2, 0.25) is 0 Å². The number of methoxy groups -OCH3 is 2. The van der Waals surface area contributed by atoms with Gasteiger partial charge in [0.05, 0.1) is 19.9 Å². The van der Waals surface area contributed by atoms with Crippen LogP contribution in [0.1, 0.15) is 34.8 Å². The van der Waals surface area contributed by atoms with E-state index in [0.29, 0.717) is 36.0 Å². The molecule has 0 aliphatic carbocycles. The van der Waals surface area contributed by atoms with E-state index in [1.165, 1.54) is 0 Å². The van der Waals surface area contributed by atoms with E-state index in [1.807, 2.05) is 36.2 Å². The molecule has 1 aliphatic heterocycles. The van der Waals surface area contributed by atoms with Crippen molar-refractivity contribution in [3.8, 4) is 22.9 Å². The lowest BCUT2D eigenvalue weighted by molar-refractivity contribution is 0.0699. The molecule has 1 unspecified atom stereocenters.